The van der Waals surface area contributed by atoms with Crippen LogP contribution in [0.4, 0.5) is 0 Å². The molecule has 0 fully saturated rings. The van der Waals surface area contributed by atoms with E-state index in [4.69, 9.17) is 9.84 Å². The number of ether oxygens (including phenoxy) is 1. The lowest BCUT2D eigenvalue weighted by atomic mass is 10.2. The average molecular weight is 220 g/mol. The normalized spacial score (nSPS) is 11.1. The number of unbranched alkanes of at least 4 members (excludes halogenated alkanes) is 2. The maximum atomic E-state index is 8.58. The van der Waals surface area contributed by atoms with Crippen molar-refractivity contribution in [2.24, 2.45) is 0 Å². The Labute approximate surface area is 97.6 Å². The first-order chi connectivity index (χ1) is 7.93. The van der Waals surface area contributed by atoms with Crippen molar-refractivity contribution in [3.05, 3.63) is 48.0 Å². The maximum absolute atomic E-state index is 8.58. The monoisotopic (exact) mass is 220 g/mol. The van der Waals surface area contributed by atoms with Gasteiger partial charge in [0, 0.05) is 6.61 Å². The van der Waals surface area contributed by atoms with Crippen molar-refractivity contribution in [2.75, 3.05) is 13.2 Å². The van der Waals surface area contributed by atoms with Crippen molar-refractivity contribution in [3.63, 3.8) is 0 Å². The summed E-state index contributed by atoms with van der Waals surface area (Å²) in [6, 6.07) is 10.2. The third-order valence-corrected chi connectivity index (χ3v) is 2.27. The zero-order valence-corrected chi connectivity index (χ0v) is 9.64. The molecule has 0 saturated heterocycles. The molecule has 1 aromatic rings. The molecule has 0 atom stereocenters. The summed E-state index contributed by atoms with van der Waals surface area (Å²) in [5, 5.41) is 8.58. The molecule has 1 aromatic carbocycles. The van der Waals surface area contributed by atoms with Gasteiger partial charge in [-0.1, -0.05) is 42.5 Å². The molecular weight excluding hydrogens is 200 g/mol. The second-order valence-electron chi connectivity index (χ2n) is 3.69. The van der Waals surface area contributed by atoms with Gasteiger partial charge in [-0.05, 0) is 24.8 Å². The lowest BCUT2D eigenvalue weighted by Crippen LogP contribution is -1.92. The number of aliphatic hydroxyl groups is 1. The van der Waals surface area contributed by atoms with Gasteiger partial charge >= 0.3 is 0 Å². The molecule has 0 saturated carbocycles. The zero-order valence-electron chi connectivity index (χ0n) is 9.64. The molecule has 0 aliphatic carbocycles. The minimum Gasteiger partial charge on any atom is -0.396 e. The largest absolute Gasteiger partial charge is 0.396 e. The van der Waals surface area contributed by atoms with Gasteiger partial charge in [0.2, 0.25) is 0 Å². The van der Waals surface area contributed by atoms with E-state index >= 15 is 0 Å². The fraction of sp³-hybridized carbons (Fsp3) is 0.429. The first-order valence-corrected chi connectivity index (χ1v) is 5.81. The molecule has 0 aromatic heterocycles. The molecule has 2 nitrogen and oxygen atoms in total. The fourth-order valence-electron chi connectivity index (χ4n) is 1.38. The standard InChI is InChI=1S/C14H20O2/c15-11-7-2-1-3-8-12-16-13-14-9-5-4-6-10-14/h3-6,8-10,15H,1-2,7,11-13H2/b8-3+. The van der Waals surface area contributed by atoms with Crippen molar-refractivity contribution in [1.82, 2.24) is 0 Å². The van der Waals surface area contributed by atoms with Gasteiger partial charge in [-0.15, -0.1) is 0 Å². The van der Waals surface area contributed by atoms with Crippen LogP contribution in [0.1, 0.15) is 24.8 Å². The SMILES string of the molecule is OCCCC/C=C/COCc1ccccc1. The van der Waals surface area contributed by atoms with Crippen LogP contribution in [0.3, 0.4) is 0 Å². The Hall–Kier alpha value is -1.12. The molecule has 0 unspecified atom stereocenters. The summed E-state index contributed by atoms with van der Waals surface area (Å²) in [6.07, 6.45) is 7.11. The molecule has 1 N–H and O–H groups in total. The first-order valence-electron chi connectivity index (χ1n) is 5.81. The summed E-state index contributed by atoms with van der Waals surface area (Å²) in [4.78, 5) is 0. The van der Waals surface area contributed by atoms with Crippen LogP contribution in [0.5, 0.6) is 0 Å². The average Bonchev–Trinajstić information content (AvgIpc) is 2.34. The summed E-state index contributed by atoms with van der Waals surface area (Å²) in [5.74, 6) is 0. The van der Waals surface area contributed by atoms with Gasteiger partial charge < -0.3 is 9.84 Å². The Balaban J connectivity index is 1.99. The van der Waals surface area contributed by atoms with Crippen LogP contribution < -0.4 is 0 Å². The zero-order chi connectivity index (χ0) is 11.5. The molecule has 0 amide bonds. The van der Waals surface area contributed by atoms with Gasteiger partial charge in [0.25, 0.3) is 0 Å². The Bertz CT molecular complexity index is 280. The molecule has 0 bridgehead atoms. The van der Waals surface area contributed by atoms with E-state index in [0.29, 0.717) is 19.8 Å². The van der Waals surface area contributed by atoms with Crippen LogP contribution in [0, 0.1) is 0 Å². The molecule has 0 radical (unpaired) electrons. The Kier molecular flexibility index (Phi) is 7.39. The minimum atomic E-state index is 0.290. The van der Waals surface area contributed by atoms with Crippen LogP contribution in [-0.2, 0) is 11.3 Å². The van der Waals surface area contributed by atoms with Crippen molar-refractivity contribution >= 4 is 0 Å². The molecule has 2 heteroatoms. The quantitative estimate of drug-likeness (QED) is 0.539. The van der Waals surface area contributed by atoms with Crippen LogP contribution in [0.15, 0.2) is 42.5 Å². The van der Waals surface area contributed by atoms with E-state index in [1.165, 1.54) is 5.56 Å². The first kappa shape index (κ1) is 12.9. The predicted molar refractivity (Wildman–Crippen MR) is 66.2 cm³/mol. The number of allylic oxidation sites excluding steroid dienone is 1. The topological polar surface area (TPSA) is 29.5 Å². The summed E-state index contributed by atoms with van der Waals surface area (Å²) in [6.45, 7) is 1.62. The van der Waals surface area contributed by atoms with E-state index in [2.05, 4.69) is 18.2 Å². The summed E-state index contributed by atoms with van der Waals surface area (Å²) < 4.78 is 5.49. The highest BCUT2D eigenvalue weighted by Crippen LogP contribution is 2.00. The van der Waals surface area contributed by atoms with Crippen LogP contribution in [0.25, 0.3) is 0 Å². The second-order valence-corrected chi connectivity index (χ2v) is 3.69. The van der Waals surface area contributed by atoms with Crippen molar-refractivity contribution in [1.29, 1.82) is 0 Å². The molecule has 0 spiro atoms. The highest BCUT2D eigenvalue weighted by molar-refractivity contribution is 5.13. The van der Waals surface area contributed by atoms with Gasteiger partial charge in [-0.25, -0.2) is 0 Å². The third kappa shape index (κ3) is 6.38. The van der Waals surface area contributed by atoms with Gasteiger partial charge in [-0.2, -0.15) is 0 Å². The molecule has 88 valence electrons. The third-order valence-electron chi connectivity index (χ3n) is 2.27. The minimum absolute atomic E-state index is 0.290. The van der Waals surface area contributed by atoms with Crippen LogP contribution in [0.2, 0.25) is 0 Å². The molecule has 1 rings (SSSR count). The summed E-state index contributed by atoms with van der Waals surface area (Å²) >= 11 is 0. The lowest BCUT2D eigenvalue weighted by molar-refractivity contribution is 0.148. The second kappa shape index (κ2) is 9.13. The van der Waals surface area contributed by atoms with Gasteiger partial charge in [-0.3, -0.25) is 0 Å². The molecule has 16 heavy (non-hydrogen) atoms. The smallest absolute Gasteiger partial charge is 0.0721 e. The molecule has 0 aliphatic heterocycles. The molecule has 0 heterocycles. The van der Waals surface area contributed by atoms with E-state index in [1.807, 2.05) is 24.3 Å². The van der Waals surface area contributed by atoms with E-state index in [-0.39, 0.29) is 0 Å². The van der Waals surface area contributed by atoms with E-state index < -0.39 is 0 Å². The Morgan fingerprint density at radius 3 is 2.62 bits per heavy atom. The number of rotatable bonds is 8. The van der Waals surface area contributed by atoms with E-state index in [0.717, 1.165) is 19.3 Å². The highest BCUT2D eigenvalue weighted by Gasteiger charge is 1.89. The number of aliphatic hydroxyl groups excluding tert-OH is 1. The fourth-order valence-corrected chi connectivity index (χ4v) is 1.38. The van der Waals surface area contributed by atoms with Crippen molar-refractivity contribution in [3.8, 4) is 0 Å². The maximum Gasteiger partial charge on any atom is 0.0721 e. The van der Waals surface area contributed by atoms with Gasteiger partial charge in [0.15, 0.2) is 0 Å². The van der Waals surface area contributed by atoms with Gasteiger partial charge in [0.1, 0.15) is 0 Å². The van der Waals surface area contributed by atoms with Crippen molar-refractivity contribution in [2.45, 2.75) is 25.9 Å². The van der Waals surface area contributed by atoms with Gasteiger partial charge in [0.05, 0.1) is 13.2 Å². The van der Waals surface area contributed by atoms with Crippen LogP contribution >= 0.6 is 0 Å². The Morgan fingerprint density at radius 1 is 1.06 bits per heavy atom. The Morgan fingerprint density at radius 2 is 1.88 bits per heavy atom. The van der Waals surface area contributed by atoms with Crippen LogP contribution in [-0.4, -0.2) is 18.3 Å². The summed E-state index contributed by atoms with van der Waals surface area (Å²) in [5.41, 5.74) is 1.20. The number of hydrogen-bond acceptors (Lipinski definition) is 2. The lowest BCUT2D eigenvalue weighted by Gasteiger charge is -2.00. The van der Waals surface area contributed by atoms with E-state index in [9.17, 15) is 0 Å². The van der Waals surface area contributed by atoms with Crippen molar-refractivity contribution < 1.29 is 9.84 Å². The molecule has 0 aliphatic rings. The number of benzene rings is 1. The highest BCUT2D eigenvalue weighted by atomic mass is 16.5. The predicted octanol–water partition coefficient (Wildman–Crippen LogP) is 2.92. The molecular formula is C14H20O2. The number of hydrogen-bond donors (Lipinski definition) is 1. The van der Waals surface area contributed by atoms with E-state index in [1.54, 1.807) is 0 Å². The summed E-state index contributed by atoms with van der Waals surface area (Å²) in [7, 11) is 0.